The SMILES string of the molecule is Nc1ncn([C@H]2C[C@@H]3O[Si](c4ccccc4)(c4ccccc4)O[Si](c4ccccc4)(c4ccccc4)OC[C@H]3S2)c(=O)n1. The van der Waals surface area contributed by atoms with E-state index in [1.54, 1.807) is 16.3 Å². The first-order valence-electron chi connectivity index (χ1n) is 14.2. The van der Waals surface area contributed by atoms with Gasteiger partial charge in [0.15, 0.2) is 0 Å². The topological polar surface area (TPSA) is 101 Å². The molecule has 3 atom stereocenters. The number of hydrogen-bond acceptors (Lipinski definition) is 8. The molecule has 7 rings (SSSR count). The number of benzene rings is 4. The Kier molecular flexibility index (Phi) is 7.59. The Hall–Kier alpha value is -3.85. The Labute approximate surface area is 256 Å². The first-order chi connectivity index (χ1) is 21.1. The fraction of sp³-hybridized carbons (Fsp3) is 0.156. The molecule has 0 radical (unpaired) electrons. The maximum Gasteiger partial charge on any atom is 0.399 e. The first-order valence-corrected chi connectivity index (χ1v) is 18.8. The summed E-state index contributed by atoms with van der Waals surface area (Å²) in [6.45, 7) is 0.389. The normalized spacial score (nSPS) is 22.7. The average Bonchev–Trinajstić information content (AvgIpc) is 3.44. The fourth-order valence-corrected chi connectivity index (χ4v) is 16.4. The van der Waals surface area contributed by atoms with Crippen LogP contribution in [-0.2, 0) is 13.0 Å². The quantitative estimate of drug-likeness (QED) is 0.298. The molecular weight excluding hydrogens is 593 g/mol. The summed E-state index contributed by atoms with van der Waals surface area (Å²) in [4.78, 5) is 20.8. The third-order valence-corrected chi connectivity index (χ3v) is 17.3. The van der Waals surface area contributed by atoms with Gasteiger partial charge in [0.05, 0.1) is 23.3 Å². The summed E-state index contributed by atoms with van der Waals surface area (Å²) in [5, 5.41) is 3.69. The second kappa shape index (κ2) is 11.7. The molecule has 2 aliphatic heterocycles. The number of thioether (sulfide) groups is 1. The van der Waals surface area contributed by atoms with Crippen LogP contribution in [0.15, 0.2) is 132 Å². The molecule has 2 fully saturated rings. The lowest BCUT2D eigenvalue weighted by Crippen LogP contribution is -2.77. The van der Waals surface area contributed by atoms with Crippen molar-refractivity contribution < 1.29 is 13.0 Å². The van der Waals surface area contributed by atoms with Gasteiger partial charge in [-0.1, -0.05) is 121 Å². The molecule has 5 aromatic rings. The largest absolute Gasteiger partial charge is 0.401 e. The van der Waals surface area contributed by atoms with Gasteiger partial charge in [-0.3, -0.25) is 4.57 Å². The molecule has 3 heterocycles. The molecule has 0 saturated carbocycles. The summed E-state index contributed by atoms with van der Waals surface area (Å²) in [5.74, 6) is -0.0377. The highest BCUT2D eigenvalue weighted by Crippen LogP contribution is 2.45. The zero-order chi connectivity index (χ0) is 29.3. The standard InChI is InChI=1S/C32H30N4O4SSi2/c33-31-34-23-36(32(37)35-31)30-21-28-29(41-30)22-38-42(24-13-5-1-6-14-24,25-15-7-2-8-16-25)40-43(39-28,26-17-9-3-10-18-26)27-19-11-4-12-20-27/h1-20,23,28-30H,21-22H2,(H2,33,35,37)/t28-,29+,30+/m0/s1. The van der Waals surface area contributed by atoms with Gasteiger partial charge in [-0.15, -0.1) is 11.8 Å². The van der Waals surface area contributed by atoms with Crippen LogP contribution >= 0.6 is 11.8 Å². The van der Waals surface area contributed by atoms with Crippen molar-refractivity contribution in [2.75, 3.05) is 12.3 Å². The maximum atomic E-state index is 12.8. The van der Waals surface area contributed by atoms with Crippen molar-refractivity contribution in [3.05, 3.63) is 138 Å². The Morgan fingerprint density at radius 3 is 1.72 bits per heavy atom. The number of nitrogens with zero attached hydrogens (tertiary/aromatic N) is 3. The van der Waals surface area contributed by atoms with Crippen molar-refractivity contribution in [2.24, 2.45) is 0 Å². The van der Waals surface area contributed by atoms with Crippen molar-refractivity contribution in [3.8, 4) is 0 Å². The minimum Gasteiger partial charge on any atom is -0.401 e. The van der Waals surface area contributed by atoms with Gasteiger partial charge in [0.1, 0.15) is 6.33 Å². The van der Waals surface area contributed by atoms with Crippen molar-refractivity contribution in [2.45, 2.75) is 23.1 Å². The molecule has 11 heteroatoms. The van der Waals surface area contributed by atoms with Gasteiger partial charge in [-0.2, -0.15) is 4.98 Å². The van der Waals surface area contributed by atoms with Gasteiger partial charge in [0, 0.05) is 6.42 Å². The van der Waals surface area contributed by atoms with E-state index in [2.05, 4.69) is 58.5 Å². The highest BCUT2D eigenvalue weighted by Gasteiger charge is 2.59. The molecule has 2 aliphatic rings. The predicted molar refractivity (Wildman–Crippen MR) is 173 cm³/mol. The number of nitrogen functional groups attached to an aromatic ring is 1. The molecule has 0 bridgehead atoms. The predicted octanol–water partition coefficient (Wildman–Crippen LogP) is 2.17. The molecule has 0 spiro atoms. The van der Waals surface area contributed by atoms with E-state index in [1.807, 2.05) is 72.8 Å². The summed E-state index contributed by atoms with van der Waals surface area (Å²) in [7, 11) is -6.86. The van der Waals surface area contributed by atoms with Crippen molar-refractivity contribution in [1.82, 2.24) is 14.5 Å². The summed E-state index contributed by atoms with van der Waals surface area (Å²) in [6.07, 6.45) is 1.78. The van der Waals surface area contributed by atoms with Crippen molar-refractivity contribution in [1.29, 1.82) is 0 Å². The molecular formula is C32H30N4O4SSi2. The highest BCUT2D eigenvalue weighted by molar-refractivity contribution is 8.00. The van der Waals surface area contributed by atoms with Gasteiger partial charge in [-0.25, -0.2) is 9.78 Å². The lowest BCUT2D eigenvalue weighted by Gasteiger charge is -2.45. The van der Waals surface area contributed by atoms with Gasteiger partial charge in [-0.05, 0) is 20.7 Å². The number of hydrogen-bond donors (Lipinski definition) is 1. The van der Waals surface area contributed by atoms with E-state index in [0.717, 1.165) is 20.7 Å². The minimum atomic E-state index is -3.47. The summed E-state index contributed by atoms with van der Waals surface area (Å²) < 4.78 is 23.9. The van der Waals surface area contributed by atoms with E-state index < -0.39 is 22.8 Å². The number of nitrogens with two attached hydrogens (primary N) is 1. The Morgan fingerprint density at radius 2 is 1.23 bits per heavy atom. The van der Waals surface area contributed by atoms with Crippen LogP contribution < -0.4 is 32.2 Å². The third-order valence-electron chi connectivity index (χ3n) is 7.91. The minimum absolute atomic E-state index is 0.0377. The van der Waals surface area contributed by atoms with Gasteiger partial charge in [0.25, 0.3) is 0 Å². The summed E-state index contributed by atoms with van der Waals surface area (Å²) >= 11 is 1.65. The molecule has 2 N–H and O–H groups in total. The molecule has 4 aromatic carbocycles. The van der Waals surface area contributed by atoms with Crippen LogP contribution in [0.2, 0.25) is 0 Å². The molecule has 2 saturated heterocycles. The van der Waals surface area contributed by atoms with Gasteiger partial charge < -0.3 is 18.7 Å². The van der Waals surface area contributed by atoms with Crippen LogP contribution in [0, 0.1) is 0 Å². The lowest BCUT2D eigenvalue weighted by molar-refractivity contribution is 0.103. The first kappa shape index (κ1) is 28.0. The van der Waals surface area contributed by atoms with Crippen molar-refractivity contribution >= 4 is 55.6 Å². The second-order valence-electron chi connectivity index (χ2n) is 10.5. The third kappa shape index (κ3) is 5.18. The van der Waals surface area contributed by atoms with Crippen LogP contribution in [0.4, 0.5) is 5.95 Å². The molecule has 8 nitrogen and oxygen atoms in total. The number of rotatable bonds is 5. The average molecular weight is 623 g/mol. The molecule has 0 unspecified atom stereocenters. The van der Waals surface area contributed by atoms with Crippen LogP contribution in [0.25, 0.3) is 0 Å². The maximum absolute atomic E-state index is 12.8. The Morgan fingerprint density at radius 1 is 0.744 bits per heavy atom. The highest BCUT2D eigenvalue weighted by atomic mass is 32.2. The molecule has 43 heavy (non-hydrogen) atoms. The van der Waals surface area contributed by atoms with Crippen LogP contribution in [0.1, 0.15) is 11.8 Å². The van der Waals surface area contributed by atoms with E-state index in [0.29, 0.717) is 13.0 Å². The fourth-order valence-electron chi connectivity index (χ4n) is 5.87. The Bertz CT molecular complexity index is 1670. The summed E-state index contributed by atoms with van der Waals surface area (Å²) in [6, 6.07) is 41.1. The molecule has 0 amide bonds. The number of aromatic nitrogens is 3. The van der Waals surface area contributed by atoms with Gasteiger partial charge in [0.2, 0.25) is 5.95 Å². The molecule has 216 valence electrons. The van der Waals surface area contributed by atoms with E-state index >= 15 is 0 Å². The van der Waals surface area contributed by atoms with Crippen LogP contribution in [-0.4, -0.2) is 49.6 Å². The molecule has 1 aromatic heterocycles. The van der Waals surface area contributed by atoms with E-state index in [-0.39, 0.29) is 22.7 Å². The monoisotopic (exact) mass is 622 g/mol. The molecule has 0 aliphatic carbocycles. The summed E-state index contributed by atoms with van der Waals surface area (Å²) in [5.41, 5.74) is 5.27. The second-order valence-corrected chi connectivity index (χ2v) is 18.1. The zero-order valence-corrected chi connectivity index (χ0v) is 26.0. The number of anilines is 1. The zero-order valence-electron chi connectivity index (χ0n) is 23.2. The van der Waals surface area contributed by atoms with Crippen LogP contribution in [0.3, 0.4) is 0 Å². The van der Waals surface area contributed by atoms with Gasteiger partial charge >= 0.3 is 22.8 Å². The van der Waals surface area contributed by atoms with E-state index in [9.17, 15) is 4.79 Å². The smallest absolute Gasteiger partial charge is 0.399 e. The van der Waals surface area contributed by atoms with E-state index in [1.165, 1.54) is 6.33 Å². The number of fused-ring (bicyclic) bond motifs is 1. The lowest BCUT2D eigenvalue weighted by atomic mass is 10.2. The van der Waals surface area contributed by atoms with Crippen molar-refractivity contribution in [3.63, 3.8) is 0 Å². The Balaban J connectivity index is 1.44. The van der Waals surface area contributed by atoms with E-state index in [4.69, 9.17) is 18.7 Å². The van der Waals surface area contributed by atoms with Crippen LogP contribution in [0.5, 0.6) is 0 Å².